The van der Waals surface area contributed by atoms with Gasteiger partial charge in [0.15, 0.2) is 5.11 Å². The fourth-order valence-electron chi connectivity index (χ4n) is 4.83. The molecular formula is C32H22FN3O2S. The number of benzene rings is 4. The van der Waals surface area contributed by atoms with Gasteiger partial charge in [-0.05, 0) is 54.7 Å². The lowest BCUT2D eigenvalue weighted by Crippen LogP contribution is -2.56. The Morgan fingerprint density at radius 2 is 1.23 bits per heavy atom. The molecule has 0 unspecified atom stereocenters. The van der Waals surface area contributed by atoms with Crippen LogP contribution in [-0.2, 0) is 16.1 Å². The second-order valence-electron chi connectivity index (χ2n) is 9.11. The zero-order chi connectivity index (χ0) is 26.9. The van der Waals surface area contributed by atoms with Gasteiger partial charge in [-0.2, -0.15) is 0 Å². The highest BCUT2D eigenvalue weighted by atomic mass is 32.1. The van der Waals surface area contributed by atoms with E-state index in [1.54, 1.807) is 48.5 Å². The number of carbonyl (C=O) groups is 2. The monoisotopic (exact) mass is 531 g/mol. The van der Waals surface area contributed by atoms with Crippen molar-refractivity contribution < 1.29 is 14.0 Å². The van der Waals surface area contributed by atoms with Crippen LogP contribution in [-0.4, -0.2) is 21.5 Å². The maximum absolute atomic E-state index is 14.5. The summed E-state index contributed by atoms with van der Waals surface area (Å²) in [6.45, 7) is 0.300. The Hall–Kier alpha value is -4.88. The van der Waals surface area contributed by atoms with E-state index >= 15 is 0 Å². The Labute approximate surface area is 230 Å². The third-order valence-electron chi connectivity index (χ3n) is 6.70. The molecule has 0 radical (unpaired) electrons. The largest absolute Gasteiger partial charge is 0.342 e. The van der Waals surface area contributed by atoms with Gasteiger partial charge >= 0.3 is 0 Å². The number of nitrogens with zero attached hydrogens (tertiary/aromatic N) is 3. The highest BCUT2D eigenvalue weighted by Gasteiger charge is 2.41. The first-order chi connectivity index (χ1) is 19.0. The summed E-state index contributed by atoms with van der Waals surface area (Å²) in [6.07, 6.45) is 3.45. The van der Waals surface area contributed by atoms with Crippen LogP contribution in [0.2, 0.25) is 0 Å². The van der Waals surface area contributed by atoms with Crippen molar-refractivity contribution in [1.82, 2.24) is 4.57 Å². The Bertz CT molecular complexity index is 1700. The molecule has 7 heteroatoms. The summed E-state index contributed by atoms with van der Waals surface area (Å²) in [7, 11) is 0. The number of amides is 2. The molecule has 1 saturated heterocycles. The van der Waals surface area contributed by atoms with E-state index in [0.29, 0.717) is 29.0 Å². The molecule has 4 aromatic carbocycles. The van der Waals surface area contributed by atoms with E-state index in [1.165, 1.54) is 15.9 Å². The molecule has 0 spiro atoms. The lowest BCUT2D eigenvalue weighted by Gasteiger charge is -2.36. The Kier molecular flexibility index (Phi) is 6.34. The van der Waals surface area contributed by atoms with Gasteiger partial charge in [0.05, 0.1) is 17.9 Å². The third kappa shape index (κ3) is 4.43. The predicted octanol–water partition coefficient (Wildman–Crippen LogP) is 6.58. The van der Waals surface area contributed by atoms with Crippen LogP contribution in [0.4, 0.5) is 15.8 Å². The fraction of sp³-hybridized carbons (Fsp3) is 0.0312. The maximum Gasteiger partial charge on any atom is 0.270 e. The molecule has 0 atom stereocenters. The number of halogens is 1. The normalized spacial score (nSPS) is 13.9. The van der Waals surface area contributed by atoms with Gasteiger partial charge in [0, 0.05) is 28.2 Å². The smallest absolute Gasteiger partial charge is 0.270 e. The van der Waals surface area contributed by atoms with E-state index in [9.17, 15) is 14.0 Å². The second kappa shape index (κ2) is 10.1. The summed E-state index contributed by atoms with van der Waals surface area (Å²) in [5.41, 5.74) is 3.18. The molecule has 190 valence electrons. The number of fused-ring (bicyclic) bond motifs is 1. The van der Waals surface area contributed by atoms with Gasteiger partial charge in [-0.1, -0.05) is 72.8 Å². The molecule has 0 bridgehead atoms. The summed E-state index contributed by atoms with van der Waals surface area (Å²) in [4.78, 5) is 30.5. The summed E-state index contributed by atoms with van der Waals surface area (Å²) in [6, 6.07) is 32.4. The number of hydrogen-bond donors (Lipinski definition) is 0. The van der Waals surface area contributed by atoms with E-state index in [1.807, 2.05) is 71.4 Å². The zero-order valence-corrected chi connectivity index (χ0v) is 21.5. The quantitative estimate of drug-likeness (QED) is 0.146. The van der Waals surface area contributed by atoms with Crippen LogP contribution in [0.1, 0.15) is 11.1 Å². The second-order valence-corrected chi connectivity index (χ2v) is 9.48. The van der Waals surface area contributed by atoms with Crippen molar-refractivity contribution in [3.63, 3.8) is 0 Å². The van der Waals surface area contributed by atoms with Crippen molar-refractivity contribution in [1.29, 1.82) is 0 Å². The fourth-order valence-corrected chi connectivity index (χ4v) is 5.20. The van der Waals surface area contributed by atoms with Crippen molar-refractivity contribution in [2.45, 2.75) is 6.54 Å². The number of thiocarbonyl (C=S) groups is 1. The van der Waals surface area contributed by atoms with Gasteiger partial charge in [0.1, 0.15) is 11.4 Å². The molecule has 1 fully saturated rings. The summed E-state index contributed by atoms with van der Waals surface area (Å²) in [5, 5.41) is 0.925. The molecule has 2 heterocycles. The van der Waals surface area contributed by atoms with Crippen LogP contribution in [0.3, 0.4) is 0 Å². The van der Waals surface area contributed by atoms with Gasteiger partial charge in [-0.15, -0.1) is 0 Å². The zero-order valence-electron chi connectivity index (χ0n) is 20.7. The summed E-state index contributed by atoms with van der Waals surface area (Å²) in [5.74, 6) is -1.30. The van der Waals surface area contributed by atoms with Crippen LogP contribution in [0.25, 0.3) is 17.0 Å². The average Bonchev–Trinajstić information content (AvgIpc) is 3.30. The Balaban J connectivity index is 1.50. The predicted molar refractivity (Wildman–Crippen MR) is 156 cm³/mol. The van der Waals surface area contributed by atoms with Gasteiger partial charge in [-0.25, -0.2) is 4.39 Å². The van der Waals surface area contributed by atoms with Gasteiger partial charge in [0.2, 0.25) is 0 Å². The van der Waals surface area contributed by atoms with Crippen molar-refractivity contribution in [2.75, 3.05) is 9.80 Å². The van der Waals surface area contributed by atoms with Crippen LogP contribution in [0.5, 0.6) is 0 Å². The number of rotatable bonds is 5. The van der Waals surface area contributed by atoms with E-state index in [2.05, 4.69) is 0 Å². The standard InChI is InChI=1S/C32H22FN3O2S/c33-28-17-9-7-11-22(28)20-34-21-23(26-16-8-10-18-29(26)34)19-27-30(37)35(24-12-3-1-4-13-24)32(39)36(31(27)38)25-14-5-2-6-15-25/h1-19,21H,20H2. The molecule has 1 aliphatic heterocycles. The van der Waals surface area contributed by atoms with Crippen molar-refractivity contribution in [3.8, 4) is 0 Å². The molecular weight excluding hydrogens is 509 g/mol. The molecule has 6 rings (SSSR count). The maximum atomic E-state index is 14.5. The lowest BCUT2D eigenvalue weighted by molar-refractivity contribution is -0.120. The molecule has 2 amide bonds. The van der Waals surface area contributed by atoms with Crippen LogP contribution in [0, 0.1) is 5.82 Å². The molecule has 1 aromatic heterocycles. The first-order valence-electron chi connectivity index (χ1n) is 12.4. The van der Waals surface area contributed by atoms with Crippen molar-refractivity contribution in [3.05, 3.63) is 138 Å². The molecule has 0 N–H and O–H groups in total. The number of hydrogen-bond acceptors (Lipinski definition) is 3. The van der Waals surface area contributed by atoms with E-state index in [4.69, 9.17) is 12.2 Å². The minimum absolute atomic E-state index is 0.0231. The summed E-state index contributed by atoms with van der Waals surface area (Å²) < 4.78 is 16.4. The van der Waals surface area contributed by atoms with Crippen molar-refractivity contribution in [2.24, 2.45) is 0 Å². The van der Waals surface area contributed by atoms with Gasteiger partial charge in [0.25, 0.3) is 11.8 Å². The van der Waals surface area contributed by atoms with E-state index in [0.717, 1.165) is 10.9 Å². The minimum Gasteiger partial charge on any atom is -0.342 e. The van der Waals surface area contributed by atoms with Crippen LogP contribution in [0.15, 0.2) is 121 Å². The minimum atomic E-state index is -0.505. The molecule has 5 aromatic rings. The third-order valence-corrected chi connectivity index (χ3v) is 7.06. The van der Waals surface area contributed by atoms with Gasteiger partial charge < -0.3 is 4.57 Å². The topological polar surface area (TPSA) is 45.6 Å². The molecule has 0 saturated carbocycles. The molecule has 5 nitrogen and oxygen atoms in total. The van der Waals surface area contributed by atoms with E-state index < -0.39 is 11.8 Å². The number of para-hydroxylation sites is 3. The molecule has 39 heavy (non-hydrogen) atoms. The Morgan fingerprint density at radius 3 is 1.85 bits per heavy atom. The van der Waals surface area contributed by atoms with Gasteiger partial charge in [-0.3, -0.25) is 19.4 Å². The molecule has 0 aliphatic carbocycles. The first kappa shape index (κ1) is 24.5. The lowest BCUT2D eigenvalue weighted by atomic mass is 10.0. The first-order valence-corrected chi connectivity index (χ1v) is 12.8. The van der Waals surface area contributed by atoms with Crippen LogP contribution >= 0.6 is 12.2 Å². The highest BCUT2D eigenvalue weighted by Crippen LogP contribution is 2.31. The SMILES string of the molecule is O=C1C(=Cc2cn(Cc3ccccc3F)c3ccccc23)C(=O)N(c2ccccc2)C(=S)N1c1ccccc1. The molecule has 1 aliphatic rings. The highest BCUT2D eigenvalue weighted by molar-refractivity contribution is 7.81. The number of carbonyl (C=O) groups excluding carboxylic acids is 2. The van der Waals surface area contributed by atoms with E-state index in [-0.39, 0.29) is 16.5 Å². The van der Waals surface area contributed by atoms with Crippen LogP contribution < -0.4 is 9.80 Å². The number of aromatic nitrogens is 1. The number of anilines is 2. The van der Waals surface area contributed by atoms with Crippen molar-refractivity contribution >= 4 is 57.5 Å². The Morgan fingerprint density at radius 1 is 0.692 bits per heavy atom. The summed E-state index contributed by atoms with van der Waals surface area (Å²) >= 11 is 5.69. The average molecular weight is 532 g/mol.